The standard InChI is InChI=1S/C10H21O2/c1-5-7-10(4,11)12-8-9(3)6-2/h9H,5-8H2,1-4H3. The minimum absolute atomic E-state index is 0.495. The average Bonchev–Trinajstić information content (AvgIpc) is 2.00. The molecule has 2 nitrogen and oxygen atoms in total. The van der Waals surface area contributed by atoms with E-state index in [1.165, 1.54) is 0 Å². The number of hydrogen-bond acceptors (Lipinski definition) is 1. The Morgan fingerprint density at radius 1 is 1.42 bits per heavy atom. The third-order valence-corrected chi connectivity index (χ3v) is 2.07. The molecule has 0 rings (SSSR count). The summed E-state index contributed by atoms with van der Waals surface area (Å²) >= 11 is 0. The lowest BCUT2D eigenvalue weighted by atomic mass is 10.1. The molecule has 0 spiro atoms. The maximum atomic E-state index is 11.5. The molecule has 1 radical (unpaired) electrons. The van der Waals surface area contributed by atoms with E-state index < -0.39 is 5.79 Å². The van der Waals surface area contributed by atoms with Crippen LogP contribution in [0.1, 0.15) is 47.0 Å². The van der Waals surface area contributed by atoms with Gasteiger partial charge in [-0.1, -0.05) is 33.6 Å². The van der Waals surface area contributed by atoms with E-state index in [4.69, 9.17) is 4.74 Å². The summed E-state index contributed by atoms with van der Waals surface area (Å²) in [7, 11) is 0. The predicted octanol–water partition coefficient (Wildman–Crippen LogP) is 3.00. The molecule has 0 fully saturated rings. The number of hydrogen-bond donors (Lipinski definition) is 0. The summed E-state index contributed by atoms with van der Waals surface area (Å²) in [5.41, 5.74) is 0. The summed E-state index contributed by atoms with van der Waals surface area (Å²) < 4.78 is 5.27. The summed E-state index contributed by atoms with van der Waals surface area (Å²) in [6.07, 6.45) is 2.56. The largest absolute Gasteiger partial charge is 0.347 e. The topological polar surface area (TPSA) is 29.1 Å². The summed E-state index contributed by atoms with van der Waals surface area (Å²) in [5.74, 6) is -0.673. The SMILES string of the molecule is CCCC(C)([O])OCC(C)CC. The van der Waals surface area contributed by atoms with E-state index in [-0.39, 0.29) is 0 Å². The van der Waals surface area contributed by atoms with Crippen LogP contribution < -0.4 is 0 Å². The van der Waals surface area contributed by atoms with E-state index in [9.17, 15) is 5.11 Å². The Morgan fingerprint density at radius 2 is 2.00 bits per heavy atom. The minimum Gasteiger partial charge on any atom is -0.347 e. The van der Waals surface area contributed by atoms with Crippen molar-refractivity contribution >= 4 is 0 Å². The van der Waals surface area contributed by atoms with Gasteiger partial charge in [0.25, 0.3) is 0 Å². The molecular formula is C10H21O2. The van der Waals surface area contributed by atoms with Gasteiger partial charge in [-0.2, -0.15) is 5.11 Å². The molecule has 0 amide bonds. The zero-order valence-electron chi connectivity index (χ0n) is 8.72. The van der Waals surface area contributed by atoms with E-state index in [1.807, 2.05) is 6.92 Å². The van der Waals surface area contributed by atoms with E-state index in [2.05, 4.69) is 13.8 Å². The fourth-order valence-electron chi connectivity index (χ4n) is 0.963. The molecule has 2 heteroatoms. The molecule has 0 aromatic heterocycles. The van der Waals surface area contributed by atoms with Crippen molar-refractivity contribution in [3.05, 3.63) is 0 Å². The van der Waals surface area contributed by atoms with Crippen molar-refractivity contribution in [2.45, 2.75) is 52.7 Å². The number of ether oxygens (including phenoxy) is 1. The molecule has 0 bridgehead atoms. The molecule has 0 saturated heterocycles. The van der Waals surface area contributed by atoms with Gasteiger partial charge in [-0.05, 0) is 12.8 Å². The van der Waals surface area contributed by atoms with Crippen molar-refractivity contribution in [1.82, 2.24) is 0 Å². The van der Waals surface area contributed by atoms with Gasteiger partial charge in [-0.3, -0.25) is 0 Å². The molecule has 0 aromatic rings. The third kappa shape index (κ3) is 5.56. The van der Waals surface area contributed by atoms with E-state index >= 15 is 0 Å². The van der Waals surface area contributed by atoms with Crippen molar-refractivity contribution in [3.63, 3.8) is 0 Å². The van der Waals surface area contributed by atoms with Crippen LogP contribution in [-0.2, 0) is 9.84 Å². The van der Waals surface area contributed by atoms with Crippen LogP contribution in [0.15, 0.2) is 0 Å². The molecule has 0 N–H and O–H groups in total. The van der Waals surface area contributed by atoms with Crippen LogP contribution in [0.5, 0.6) is 0 Å². The van der Waals surface area contributed by atoms with Crippen LogP contribution in [0, 0.1) is 5.92 Å². The van der Waals surface area contributed by atoms with Gasteiger partial charge >= 0.3 is 0 Å². The normalized spacial score (nSPS) is 18.8. The van der Waals surface area contributed by atoms with Crippen molar-refractivity contribution in [2.75, 3.05) is 6.61 Å². The van der Waals surface area contributed by atoms with Crippen LogP contribution in [-0.4, -0.2) is 12.4 Å². The van der Waals surface area contributed by atoms with Crippen LogP contribution in [0.4, 0.5) is 0 Å². The van der Waals surface area contributed by atoms with Crippen LogP contribution in [0.2, 0.25) is 0 Å². The quantitative estimate of drug-likeness (QED) is 0.568. The van der Waals surface area contributed by atoms with Crippen molar-refractivity contribution < 1.29 is 9.84 Å². The van der Waals surface area contributed by atoms with Gasteiger partial charge in [0.05, 0.1) is 6.61 Å². The van der Waals surface area contributed by atoms with Crippen LogP contribution in [0.25, 0.3) is 0 Å². The minimum atomic E-state index is -1.17. The summed E-state index contributed by atoms with van der Waals surface area (Å²) in [6.45, 7) is 8.43. The molecule has 0 aromatic carbocycles. The average molecular weight is 173 g/mol. The zero-order valence-corrected chi connectivity index (χ0v) is 8.72. The van der Waals surface area contributed by atoms with Gasteiger partial charge in [0.1, 0.15) is 0 Å². The Bertz CT molecular complexity index is 110. The maximum Gasteiger partial charge on any atom is 0.198 e. The molecular weight excluding hydrogens is 152 g/mol. The Kier molecular flexibility index (Phi) is 5.51. The van der Waals surface area contributed by atoms with Gasteiger partial charge in [0.15, 0.2) is 5.79 Å². The molecule has 2 atom stereocenters. The van der Waals surface area contributed by atoms with Gasteiger partial charge in [0.2, 0.25) is 0 Å². The van der Waals surface area contributed by atoms with Crippen LogP contribution >= 0.6 is 0 Å². The number of rotatable bonds is 6. The van der Waals surface area contributed by atoms with Gasteiger partial charge < -0.3 is 4.74 Å². The highest BCUT2D eigenvalue weighted by Gasteiger charge is 2.22. The van der Waals surface area contributed by atoms with Crippen molar-refractivity contribution in [3.8, 4) is 0 Å². The lowest BCUT2D eigenvalue weighted by molar-refractivity contribution is -0.236. The van der Waals surface area contributed by atoms with Crippen molar-refractivity contribution in [2.24, 2.45) is 5.92 Å². The zero-order chi connectivity index (χ0) is 9.61. The fourth-order valence-corrected chi connectivity index (χ4v) is 0.963. The summed E-state index contributed by atoms with van der Waals surface area (Å²) in [4.78, 5) is 0. The van der Waals surface area contributed by atoms with Gasteiger partial charge in [-0.15, -0.1) is 0 Å². The molecule has 2 unspecified atom stereocenters. The first-order chi connectivity index (χ1) is 5.52. The Morgan fingerprint density at radius 3 is 2.42 bits per heavy atom. The van der Waals surface area contributed by atoms with Crippen molar-refractivity contribution in [1.29, 1.82) is 0 Å². The highest BCUT2D eigenvalue weighted by Crippen LogP contribution is 2.16. The smallest absolute Gasteiger partial charge is 0.198 e. The summed E-state index contributed by atoms with van der Waals surface area (Å²) in [6, 6.07) is 0. The van der Waals surface area contributed by atoms with Crippen LogP contribution in [0.3, 0.4) is 0 Å². The second kappa shape index (κ2) is 5.55. The lowest BCUT2D eigenvalue weighted by Crippen LogP contribution is -2.28. The molecule has 0 saturated carbocycles. The Labute approximate surface area is 75.9 Å². The third-order valence-electron chi connectivity index (χ3n) is 2.07. The first-order valence-electron chi connectivity index (χ1n) is 4.86. The van der Waals surface area contributed by atoms with E-state index in [0.29, 0.717) is 18.9 Å². The maximum absolute atomic E-state index is 11.5. The second-order valence-corrected chi connectivity index (χ2v) is 3.71. The Hall–Kier alpha value is -0.0800. The fraction of sp³-hybridized carbons (Fsp3) is 1.00. The highest BCUT2D eigenvalue weighted by atomic mass is 16.6. The van der Waals surface area contributed by atoms with Gasteiger partial charge in [0, 0.05) is 6.42 Å². The first-order valence-corrected chi connectivity index (χ1v) is 4.86. The van der Waals surface area contributed by atoms with Gasteiger partial charge in [-0.25, -0.2) is 0 Å². The summed E-state index contributed by atoms with van der Waals surface area (Å²) in [5, 5.41) is 11.5. The van der Waals surface area contributed by atoms with E-state index in [0.717, 1.165) is 12.8 Å². The molecule has 0 aliphatic rings. The molecule has 73 valence electrons. The molecule has 12 heavy (non-hydrogen) atoms. The predicted molar refractivity (Wildman–Crippen MR) is 49.4 cm³/mol. The first kappa shape index (κ1) is 11.9. The molecule has 0 heterocycles. The Balaban J connectivity index is 3.59. The lowest BCUT2D eigenvalue weighted by Gasteiger charge is -2.22. The highest BCUT2D eigenvalue weighted by molar-refractivity contribution is 4.59. The monoisotopic (exact) mass is 173 g/mol. The second-order valence-electron chi connectivity index (χ2n) is 3.71. The molecule has 0 aliphatic carbocycles. The van der Waals surface area contributed by atoms with E-state index in [1.54, 1.807) is 6.92 Å². The molecule has 0 aliphatic heterocycles.